The minimum absolute atomic E-state index is 0.127. The van der Waals surface area contributed by atoms with Gasteiger partial charge in [0.25, 0.3) is 0 Å². The summed E-state index contributed by atoms with van der Waals surface area (Å²) in [5, 5.41) is 0. The molecule has 1 atom stereocenters. The summed E-state index contributed by atoms with van der Waals surface area (Å²) in [6, 6.07) is 0.127. The van der Waals surface area contributed by atoms with E-state index in [0.717, 1.165) is 26.1 Å². The number of rotatable bonds is 3. The second kappa shape index (κ2) is 4.64. The smallest absolute Gasteiger partial charge is 0.319 e. The van der Waals surface area contributed by atoms with Crippen LogP contribution in [0.2, 0.25) is 0 Å². The Hall–Kier alpha value is -0.770. The van der Waals surface area contributed by atoms with Gasteiger partial charge < -0.3 is 15.5 Å². The van der Waals surface area contributed by atoms with Gasteiger partial charge in [-0.25, -0.2) is 4.79 Å². The van der Waals surface area contributed by atoms with Crippen molar-refractivity contribution in [3.8, 4) is 0 Å². The van der Waals surface area contributed by atoms with Crippen molar-refractivity contribution >= 4 is 6.03 Å². The van der Waals surface area contributed by atoms with Crippen LogP contribution >= 0.6 is 0 Å². The third-order valence-corrected chi connectivity index (χ3v) is 2.75. The standard InChI is InChI=1S/C10H21N3O/c1-8(5-11)4-9-6-13(7-9)10(14)12(2)3/h8-9H,4-7,11H2,1-3H3. The van der Waals surface area contributed by atoms with Gasteiger partial charge in [-0.2, -0.15) is 0 Å². The van der Waals surface area contributed by atoms with Crippen molar-refractivity contribution in [2.24, 2.45) is 17.6 Å². The van der Waals surface area contributed by atoms with Gasteiger partial charge in [-0.15, -0.1) is 0 Å². The van der Waals surface area contributed by atoms with E-state index in [1.165, 1.54) is 0 Å². The average molecular weight is 199 g/mol. The molecule has 0 bridgehead atoms. The first kappa shape index (κ1) is 11.3. The van der Waals surface area contributed by atoms with Crippen LogP contribution in [0.3, 0.4) is 0 Å². The lowest BCUT2D eigenvalue weighted by atomic mass is 9.90. The Labute approximate surface area is 86.0 Å². The van der Waals surface area contributed by atoms with Crippen LogP contribution in [0.1, 0.15) is 13.3 Å². The molecular formula is C10H21N3O. The molecule has 14 heavy (non-hydrogen) atoms. The molecule has 4 heteroatoms. The van der Waals surface area contributed by atoms with Crippen LogP contribution in [-0.4, -0.2) is 49.6 Å². The van der Waals surface area contributed by atoms with Gasteiger partial charge >= 0.3 is 6.03 Å². The number of amides is 2. The maximum atomic E-state index is 11.5. The highest BCUT2D eigenvalue weighted by atomic mass is 16.2. The van der Waals surface area contributed by atoms with Crippen molar-refractivity contribution in [3.63, 3.8) is 0 Å². The summed E-state index contributed by atoms with van der Waals surface area (Å²) in [5.41, 5.74) is 5.55. The fourth-order valence-corrected chi connectivity index (χ4v) is 1.82. The summed E-state index contributed by atoms with van der Waals surface area (Å²) >= 11 is 0. The minimum Gasteiger partial charge on any atom is -0.331 e. The van der Waals surface area contributed by atoms with Crippen molar-refractivity contribution in [1.82, 2.24) is 9.80 Å². The SMILES string of the molecule is CC(CN)CC1CN(C(=O)N(C)C)C1. The molecule has 82 valence electrons. The fraction of sp³-hybridized carbons (Fsp3) is 0.900. The summed E-state index contributed by atoms with van der Waals surface area (Å²) < 4.78 is 0. The number of carbonyl (C=O) groups excluding carboxylic acids is 1. The molecule has 1 fully saturated rings. The Morgan fingerprint density at radius 2 is 2.14 bits per heavy atom. The van der Waals surface area contributed by atoms with Crippen LogP contribution in [-0.2, 0) is 0 Å². The van der Waals surface area contributed by atoms with Crippen molar-refractivity contribution in [3.05, 3.63) is 0 Å². The molecule has 1 saturated heterocycles. The molecule has 1 unspecified atom stereocenters. The average Bonchev–Trinajstić information content (AvgIpc) is 2.08. The highest BCUT2D eigenvalue weighted by Crippen LogP contribution is 2.23. The number of hydrogen-bond donors (Lipinski definition) is 1. The highest BCUT2D eigenvalue weighted by Gasteiger charge is 2.31. The van der Waals surface area contributed by atoms with Gasteiger partial charge in [0.15, 0.2) is 0 Å². The Kier molecular flexibility index (Phi) is 3.75. The normalized spacial score (nSPS) is 19.0. The number of hydrogen-bond acceptors (Lipinski definition) is 2. The van der Waals surface area contributed by atoms with Gasteiger partial charge in [0, 0.05) is 27.2 Å². The zero-order valence-electron chi connectivity index (χ0n) is 9.36. The Balaban J connectivity index is 2.20. The second-order valence-electron chi connectivity index (χ2n) is 4.52. The quantitative estimate of drug-likeness (QED) is 0.723. The number of likely N-dealkylation sites (tertiary alicyclic amines) is 1. The molecule has 0 aromatic carbocycles. The van der Waals surface area contributed by atoms with E-state index in [4.69, 9.17) is 5.73 Å². The van der Waals surface area contributed by atoms with E-state index < -0.39 is 0 Å². The van der Waals surface area contributed by atoms with Gasteiger partial charge in [-0.1, -0.05) is 6.92 Å². The van der Waals surface area contributed by atoms with Gasteiger partial charge in [0.1, 0.15) is 0 Å². The van der Waals surface area contributed by atoms with E-state index >= 15 is 0 Å². The van der Waals surface area contributed by atoms with Crippen LogP contribution < -0.4 is 5.73 Å². The van der Waals surface area contributed by atoms with E-state index in [9.17, 15) is 4.79 Å². The first-order valence-corrected chi connectivity index (χ1v) is 5.21. The van der Waals surface area contributed by atoms with E-state index in [1.807, 2.05) is 4.90 Å². The number of nitrogens with two attached hydrogens (primary N) is 1. The first-order valence-electron chi connectivity index (χ1n) is 5.21. The molecule has 0 aromatic heterocycles. The Morgan fingerprint density at radius 1 is 1.57 bits per heavy atom. The van der Waals surface area contributed by atoms with Crippen molar-refractivity contribution in [1.29, 1.82) is 0 Å². The van der Waals surface area contributed by atoms with E-state index in [2.05, 4.69) is 6.92 Å². The topological polar surface area (TPSA) is 49.6 Å². The molecule has 0 radical (unpaired) electrons. The maximum Gasteiger partial charge on any atom is 0.319 e. The number of nitrogens with zero attached hydrogens (tertiary/aromatic N) is 2. The van der Waals surface area contributed by atoms with Crippen LogP contribution in [0.5, 0.6) is 0 Å². The zero-order chi connectivity index (χ0) is 10.7. The van der Waals surface area contributed by atoms with Gasteiger partial charge in [0.2, 0.25) is 0 Å². The number of carbonyl (C=O) groups is 1. The molecule has 1 aliphatic rings. The van der Waals surface area contributed by atoms with Crippen molar-refractivity contribution in [2.45, 2.75) is 13.3 Å². The molecule has 2 N–H and O–H groups in total. The zero-order valence-corrected chi connectivity index (χ0v) is 9.36. The van der Waals surface area contributed by atoms with E-state index in [0.29, 0.717) is 11.8 Å². The van der Waals surface area contributed by atoms with Crippen LogP contribution in [0, 0.1) is 11.8 Å². The van der Waals surface area contributed by atoms with E-state index in [-0.39, 0.29) is 6.03 Å². The third-order valence-electron chi connectivity index (χ3n) is 2.75. The molecule has 1 aliphatic heterocycles. The first-order chi connectivity index (χ1) is 6.54. The molecule has 1 rings (SSSR count). The molecule has 0 aromatic rings. The summed E-state index contributed by atoms with van der Waals surface area (Å²) in [5.74, 6) is 1.24. The van der Waals surface area contributed by atoms with Crippen molar-refractivity contribution in [2.75, 3.05) is 33.7 Å². The van der Waals surface area contributed by atoms with Crippen LogP contribution in [0.4, 0.5) is 4.79 Å². The Morgan fingerprint density at radius 3 is 2.57 bits per heavy atom. The van der Waals surface area contributed by atoms with Gasteiger partial charge in [-0.05, 0) is 24.8 Å². The predicted molar refractivity (Wildman–Crippen MR) is 57.0 cm³/mol. The highest BCUT2D eigenvalue weighted by molar-refractivity contribution is 5.74. The summed E-state index contributed by atoms with van der Waals surface area (Å²) in [4.78, 5) is 15.0. The summed E-state index contributed by atoms with van der Waals surface area (Å²) in [6.07, 6.45) is 1.15. The summed E-state index contributed by atoms with van der Waals surface area (Å²) in [6.45, 7) is 4.72. The van der Waals surface area contributed by atoms with Gasteiger partial charge in [0.05, 0.1) is 0 Å². The molecule has 0 saturated carbocycles. The maximum absolute atomic E-state index is 11.5. The lowest BCUT2D eigenvalue weighted by Gasteiger charge is -2.41. The number of urea groups is 1. The van der Waals surface area contributed by atoms with Crippen LogP contribution in [0.25, 0.3) is 0 Å². The summed E-state index contributed by atoms with van der Waals surface area (Å²) in [7, 11) is 3.58. The Bertz CT molecular complexity index is 200. The lowest BCUT2D eigenvalue weighted by Crippen LogP contribution is -2.53. The predicted octanol–water partition coefficient (Wildman–Crippen LogP) is 0.585. The molecule has 1 heterocycles. The van der Waals surface area contributed by atoms with Crippen molar-refractivity contribution < 1.29 is 4.79 Å². The second-order valence-corrected chi connectivity index (χ2v) is 4.52. The molecule has 0 aliphatic carbocycles. The van der Waals surface area contributed by atoms with Crippen LogP contribution in [0.15, 0.2) is 0 Å². The molecule has 4 nitrogen and oxygen atoms in total. The monoisotopic (exact) mass is 199 g/mol. The van der Waals surface area contributed by atoms with E-state index in [1.54, 1.807) is 19.0 Å². The van der Waals surface area contributed by atoms with Gasteiger partial charge in [-0.3, -0.25) is 0 Å². The largest absolute Gasteiger partial charge is 0.331 e. The molecule has 2 amide bonds. The lowest BCUT2D eigenvalue weighted by molar-refractivity contribution is 0.0903. The molecule has 0 spiro atoms. The minimum atomic E-state index is 0.127. The molecular weight excluding hydrogens is 178 g/mol. The fourth-order valence-electron chi connectivity index (χ4n) is 1.82. The third kappa shape index (κ3) is 2.61.